The molecule has 7 heteroatoms. The molecule has 2 heterocycles. The highest BCUT2D eigenvalue weighted by Crippen LogP contribution is 2.33. The van der Waals surface area contributed by atoms with E-state index in [1.165, 1.54) is 6.20 Å². The maximum atomic E-state index is 10.4. The second kappa shape index (κ2) is 8.44. The summed E-state index contributed by atoms with van der Waals surface area (Å²) in [4.78, 5) is 5.26. The number of hydrogen-bond acceptors (Lipinski definition) is 6. The van der Waals surface area contributed by atoms with Crippen LogP contribution >= 0.6 is 0 Å². The predicted molar refractivity (Wildman–Crippen MR) is 122 cm³/mol. The minimum atomic E-state index is 0.0625. The molecule has 1 aliphatic rings. The predicted octanol–water partition coefficient (Wildman–Crippen LogP) is 1.85. The van der Waals surface area contributed by atoms with Gasteiger partial charge in [0.25, 0.3) is 0 Å². The fourth-order valence-corrected chi connectivity index (χ4v) is 4.42. The number of benzene rings is 1. The van der Waals surface area contributed by atoms with E-state index in [9.17, 15) is 5.11 Å². The Kier molecular flexibility index (Phi) is 6.12. The van der Waals surface area contributed by atoms with Gasteiger partial charge < -0.3 is 21.1 Å². The molecular formula is C23H33N6O+. The summed E-state index contributed by atoms with van der Waals surface area (Å²) in [6.07, 6.45) is 6.86. The number of hydrogen-bond donors (Lipinski definition) is 4. The Labute approximate surface area is 178 Å². The van der Waals surface area contributed by atoms with Crippen LogP contribution in [-0.2, 0) is 0 Å². The number of anilines is 1. The number of phenolic OH excluding ortho intramolecular Hbond substituents is 1. The number of allylic oxidation sites excluding steroid dienone is 1. The van der Waals surface area contributed by atoms with Gasteiger partial charge >= 0.3 is 0 Å². The topological polar surface area (TPSA) is 101 Å². The Bertz CT molecular complexity index is 917. The molecule has 1 aromatic heterocycles. The van der Waals surface area contributed by atoms with Crippen LogP contribution in [0.5, 0.6) is 5.75 Å². The van der Waals surface area contributed by atoms with Gasteiger partial charge in [-0.1, -0.05) is 0 Å². The molecule has 7 nitrogen and oxygen atoms in total. The quantitative estimate of drug-likeness (QED) is 0.562. The first-order valence-electron chi connectivity index (χ1n) is 10.3. The zero-order valence-corrected chi connectivity index (χ0v) is 18.5. The SMILES string of the molecule is CN(c1ccc(-c2ccc([NH+]=CC=CN)cc2O)nn1)C1CC(C)(C)NC(C)(C)C1. The van der Waals surface area contributed by atoms with Crippen LogP contribution in [0.1, 0.15) is 40.5 Å². The van der Waals surface area contributed by atoms with E-state index in [1.807, 2.05) is 24.3 Å². The summed E-state index contributed by atoms with van der Waals surface area (Å²) in [6, 6.07) is 9.59. The fraction of sp³-hybridized carbons (Fsp3) is 0.435. The highest BCUT2D eigenvalue weighted by molar-refractivity contribution is 5.70. The summed E-state index contributed by atoms with van der Waals surface area (Å²) < 4.78 is 0. The Morgan fingerprint density at radius 3 is 2.40 bits per heavy atom. The van der Waals surface area contributed by atoms with Crippen molar-refractivity contribution in [2.45, 2.75) is 57.7 Å². The van der Waals surface area contributed by atoms with Crippen molar-refractivity contribution in [1.82, 2.24) is 15.5 Å². The van der Waals surface area contributed by atoms with Crippen LogP contribution in [0.2, 0.25) is 0 Å². The summed E-state index contributed by atoms with van der Waals surface area (Å²) >= 11 is 0. The lowest BCUT2D eigenvalue weighted by Crippen LogP contribution is -2.62. The maximum Gasteiger partial charge on any atom is 0.207 e. The summed E-state index contributed by atoms with van der Waals surface area (Å²) in [5, 5.41) is 23.0. The van der Waals surface area contributed by atoms with E-state index in [0.29, 0.717) is 17.3 Å². The molecule has 1 aromatic carbocycles. The Morgan fingerprint density at radius 1 is 1.13 bits per heavy atom. The van der Waals surface area contributed by atoms with E-state index in [0.717, 1.165) is 24.3 Å². The zero-order valence-electron chi connectivity index (χ0n) is 18.5. The minimum Gasteiger partial charge on any atom is -0.507 e. The molecule has 160 valence electrons. The molecule has 3 rings (SSSR count). The molecule has 0 saturated carbocycles. The number of phenols is 1. The van der Waals surface area contributed by atoms with E-state index in [-0.39, 0.29) is 16.8 Å². The highest BCUT2D eigenvalue weighted by Gasteiger charge is 2.39. The van der Waals surface area contributed by atoms with Crippen LogP contribution in [0.15, 0.2) is 42.6 Å². The van der Waals surface area contributed by atoms with Crippen LogP contribution in [0.3, 0.4) is 0 Å². The van der Waals surface area contributed by atoms with Gasteiger partial charge in [-0.05, 0) is 64.9 Å². The van der Waals surface area contributed by atoms with E-state index in [2.05, 4.69) is 60.1 Å². The van der Waals surface area contributed by atoms with Crippen molar-refractivity contribution in [3.63, 3.8) is 0 Å². The van der Waals surface area contributed by atoms with Crippen molar-refractivity contribution in [3.05, 3.63) is 42.6 Å². The number of nitrogens with zero attached hydrogens (tertiary/aromatic N) is 3. The normalized spacial score (nSPS) is 18.8. The molecule has 5 N–H and O–H groups in total. The third-order valence-corrected chi connectivity index (χ3v) is 5.46. The lowest BCUT2D eigenvalue weighted by atomic mass is 9.79. The van der Waals surface area contributed by atoms with E-state index >= 15 is 0 Å². The fourth-order valence-electron chi connectivity index (χ4n) is 4.42. The van der Waals surface area contributed by atoms with Gasteiger partial charge in [0.2, 0.25) is 5.69 Å². The van der Waals surface area contributed by atoms with Crippen LogP contribution < -0.4 is 20.9 Å². The summed E-state index contributed by atoms with van der Waals surface area (Å²) in [7, 11) is 2.08. The average molecular weight is 410 g/mol. The molecule has 0 aliphatic carbocycles. The second-order valence-corrected chi connectivity index (χ2v) is 9.27. The van der Waals surface area contributed by atoms with Crippen molar-refractivity contribution < 1.29 is 10.1 Å². The molecular weight excluding hydrogens is 376 g/mol. The van der Waals surface area contributed by atoms with Gasteiger partial charge in [-0.25, -0.2) is 4.99 Å². The van der Waals surface area contributed by atoms with Crippen molar-refractivity contribution in [3.8, 4) is 17.0 Å². The lowest BCUT2D eigenvalue weighted by Gasteiger charge is -2.49. The third kappa shape index (κ3) is 5.16. The van der Waals surface area contributed by atoms with Crippen LogP contribution in [0.25, 0.3) is 11.3 Å². The molecule has 1 fully saturated rings. The average Bonchev–Trinajstić information content (AvgIpc) is 2.65. The number of nitrogens with two attached hydrogens (primary N) is 1. The van der Waals surface area contributed by atoms with E-state index in [4.69, 9.17) is 5.73 Å². The molecule has 1 saturated heterocycles. The Balaban J connectivity index is 1.78. The van der Waals surface area contributed by atoms with E-state index < -0.39 is 0 Å². The van der Waals surface area contributed by atoms with Gasteiger partial charge in [-0.15, -0.1) is 10.2 Å². The van der Waals surface area contributed by atoms with Crippen LogP contribution in [0.4, 0.5) is 11.5 Å². The number of aromatic nitrogens is 2. The molecule has 1 aliphatic heterocycles. The molecule has 0 atom stereocenters. The van der Waals surface area contributed by atoms with Crippen molar-refractivity contribution in [1.29, 1.82) is 0 Å². The van der Waals surface area contributed by atoms with Gasteiger partial charge in [0.05, 0.1) is 11.8 Å². The standard InChI is InChI=1S/C23H32N6O/c1-22(2)14-17(15-23(3,4)28-22)29(5)21-10-9-19(26-27-21)18-8-7-16(13-20(18)30)25-12-6-11-24/h6-13,17,28,30H,14-15,24H2,1-5H3/p+1. The Hall–Kier alpha value is -2.93. The summed E-state index contributed by atoms with van der Waals surface area (Å²) in [5.41, 5.74) is 7.46. The van der Waals surface area contributed by atoms with Gasteiger partial charge in [-0.2, -0.15) is 0 Å². The monoisotopic (exact) mass is 409 g/mol. The molecule has 0 amide bonds. The third-order valence-electron chi connectivity index (χ3n) is 5.46. The van der Waals surface area contributed by atoms with E-state index in [1.54, 1.807) is 18.4 Å². The van der Waals surface area contributed by atoms with Gasteiger partial charge in [0.15, 0.2) is 12.0 Å². The molecule has 0 unspecified atom stereocenters. The number of rotatable bonds is 5. The second-order valence-electron chi connectivity index (χ2n) is 9.27. The molecule has 0 bridgehead atoms. The van der Waals surface area contributed by atoms with Gasteiger partial charge in [0.1, 0.15) is 5.75 Å². The van der Waals surface area contributed by atoms with Crippen LogP contribution in [-0.4, -0.2) is 45.7 Å². The molecule has 2 aromatic rings. The number of piperidine rings is 1. The maximum absolute atomic E-state index is 10.4. The first-order valence-corrected chi connectivity index (χ1v) is 10.3. The van der Waals surface area contributed by atoms with Crippen LogP contribution in [0, 0.1) is 0 Å². The van der Waals surface area contributed by atoms with Gasteiger partial charge in [0, 0.05) is 41.9 Å². The highest BCUT2D eigenvalue weighted by atomic mass is 16.3. The number of aromatic hydroxyl groups is 1. The molecule has 0 radical (unpaired) electrons. The number of nitrogens with one attached hydrogen (secondary N) is 2. The molecule has 0 spiro atoms. The first kappa shape index (κ1) is 21.8. The largest absolute Gasteiger partial charge is 0.507 e. The minimum absolute atomic E-state index is 0.0625. The smallest absolute Gasteiger partial charge is 0.207 e. The first-order chi connectivity index (χ1) is 14.1. The Morgan fingerprint density at radius 2 is 1.83 bits per heavy atom. The van der Waals surface area contributed by atoms with Crippen molar-refractivity contribution >= 4 is 17.7 Å². The van der Waals surface area contributed by atoms with Crippen molar-refractivity contribution in [2.24, 2.45) is 5.73 Å². The van der Waals surface area contributed by atoms with Crippen molar-refractivity contribution in [2.75, 3.05) is 11.9 Å². The summed E-state index contributed by atoms with van der Waals surface area (Å²) in [6.45, 7) is 8.98. The zero-order chi connectivity index (χ0) is 21.9. The van der Waals surface area contributed by atoms with Gasteiger partial charge in [-0.3, -0.25) is 0 Å². The lowest BCUT2D eigenvalue weighted by molar-refractivity contribution is -0.346. The molecule has 30 heavy (non-hydrogen) atoms. The summed E-state index contributed by atoms with van der Waals surface area (Å²) in [5.74, 6) is 0.973.